The van der Waals surface area contributed by atoms with Gasteiger partial charge in [-0.15, -0.1) is 0 Å². The van der Waals surface area contributed by atoms with Crippen LogP contribution in [0.15, 0.2) is 0 Å². The second-order valence-electron chi connectivity index (χ2n) is 5.83. The molecule has 21 heavy (non-hydrogen) atoms. The van der Waals surface area contributed by atoms with Crippen LogP contribution >= 0.6 is 22.6 Å². The van der Waals surface area contributed by atoms with Gasteiger partial charge in [0.1, 0.15) is 11.9 Å². The zero-order chi connectivity index (χ0) is 15.4. The Morgan fingerprint density at radius 1 is 1.43 bits per heavy atom. The van der Waals surface area contributed by atoms with Gasteiger partial charge in [-0.1, -0.05) is 20.8 Å². The predicted molar refractivity (Wildman–Crippen MR) is 93.8 cm³/mol. The standard InChI is InChI=1S/C15H25IN4O/c1-5-6-17-15-12(16)13(10(2)3)18-14(19-15)11-9-20(4)7-8-21-11/h10-11H,5-9H2,1-4H3,(H,17,18,19). The first-order valence-electron chi connectivity index (χ1n) is 7.64. The number of ether oxygens (including phenoxy) is 1. The van der Waals surface area contributed by atoms with Crippen molar-refractivity contribution in [3.8, 4) is 0 Å². The van der Waals surface area contributed by atoms with Crippen molar-refractivity contribution >= 4 is 28.4 Å². The molecule has 0 saturated carbocycles. The van der Waals surface area contributed by atoms with E-state index in [4.69, 9.17) is 14.7 Å². The third-order valence-electron chi connectivity index (χ3n) is 3.54. The Kier molecular flexibility index (Phi) is 6.19. The topological polar surface area (TPSA) is 50.3 Å². The molecule has 1 aliphatic rings. The van der Waals surface area contributed by atoms with E-state index in [1.807, 2.05) is 0 Å². The van der Waals surface area contributed by atoms with E-state index in [0.717, 1.165) is 53.6 Å². The molecule has 0 bridgehead atoms. The zero-order valence-corrected chi connectivity index (χ0v) is 15.5. The van der Waals surface area contributed by atoms with Gasteiger partial charge in [-0.25, -0.2) is 9.97 Å². The smallest absolute Gasteiger partial charge is 0.161 e. The maximum absolute atomic E-state index is 5.87. The molecule has 118 valence electrons. The van der Waals surface area contributed by atoms with Crippen molar-refractivity contribution in [3.05, 3.63) is 15.1 Å². The van der Waals surface area contributed by atoms with Gasteiger partial charge < -0.3 is 15.0 Å². The molecule has 1 saturated heterocycles. The number of rotatable bonds is 5. The summed E-state index contributed by atoms with van der Waals surface area (Å²) < 4.78 is 7.00. The van der Waals surface area contributed by atoms with Crippen LogP contribution in [0.25, 0.3) is 0 Å². The Morgan fingerprint density at radius 3 is 2.81 bits per heavy atom. The van der Waals surface area contributed by atoms with Crippen LogP contribution < -0.4 is 5.32 Å². The van der Waals surface area contributed by atoms with Gasteiger partial charge in [0.2, 0.25) is 0 Å². The molecule has 2 heterocycles. The molecule has 1 aromatic heterocycles. The quantitative estimate of drug-likeness (QED) is 0.765. The van der Waals surface area contributed by atoms with E-state index in [1.54, 1.807) is 0 Å². The van der Waals surface area contributed by atoms with E-state index in [1.165, 1.54) is 0 Å². The summed E-state index contributed by atoms with van der Waals surface area (Å²) in [5.41, 5.74) is 1.11. The lowest BCUT2D eigenvalue weighted by atomic mass is 10.1. The molecule has 1 fully saturated rings. The summed E-state index contributed by atoms with van der Waals surface area (Å²) in [5.74, 6) is 2.13. The summed E-state index contributed by atoms with van der Waals surface area (Å²) in [6, 6.07) is 0. The fourth-order valence-electron chi connectivity index (χ4n) is 2.30. The van der Waals surface area contributed by atoms with Gasteiger partial charge in [0.15, 0.2) is 5.82 Å². The van der Waals surface area contributed by atoms with Crippen LogP contribution in [0.1, 0.15) is 50.7 Å². The maximum atomic E-state index is 5.87. The van der Waals surface area contributed by atoms with Gasteiger partial charge in [0.05, 0.1) is 15.9 Å². The number of morpholine rings is 1. The minimum atomic E-state index is -0.0274. The summed E-state index contributed by atoms with van der Waals surface area (Å²) in [6.07, 6.45) is 1.05. The average Bonchev–Trinajstić information content (AvgIpc) is 2.46. The number of nitrogens with one attached hydrogen (secondary N) is 1. The lowest BCUT2D eigenvalue weighted by molar-refractivity contribution is -0.0255. The first-order valence-corrected chi connectivity index (χ1v) is 8.72. The second kappa shape index (κ2) is 7.69. The van der Waals surface area contributed by atoms with Crippen LogP contribution in [0.2, 0.25) is 0 Å². The van der Waals surface area contributed by atoms with Crippen LogP contribution in [0, 0.1) is 3.57 Å². The van der Waals surface area contributed by atoms with Crippen LogP contribution in [0.3, 0.4) is 0 Å². The van der Waals surface area contributed by atoms with Crippen LogP contribution in [-0.4, -0.2) is 48.2 Å². The summed E-state index contributed by atoms with van der Waals surface area (Å²) in [4.78, 5) is 11.8. The number of anilines is 1. The fraction of sp³-hybridized carbons (Fsp3) is 0.733. The SMILES string of the molecule is CCCNc1nc(C2CN(C)CCO2)nc(C(C)C)c1I. The lowest BCUT2D eigenvalue weighted by Gasteiger charge is -2.29. The molecule has 1 unspecified atom stereocenters. The highest BCUT2D eigenvalue weighted by atomic mass is 127. The van der Waals surface area contributed by atoms with E-state index >= 15 is 0 Å². The molecule has 2 rings (SSSR count). The number of halogens is 1. The number of nitrogens with zero attached hydrogens (tertiary/aromatic N) is 3. The summed E-state index contributed by atoms with van der Waals surface area (Å²) in [7, 11) is 2.11. The molecule has 0 amide bonds. The van der Waals surface area contributed by atoms with Gasteiger partial charge >= 0.3 is 0 Å². The van der Waals surface area contributed by atoms with Crippen LogP contribution in [0.4, 0.5) is 5.82 Å². The van der Waals surface area contributed by atoms with Crippen molar-refractivity contribution in [2.24, 2.45) is 0 Å². The van der Waals surface area contributed by atoms with Gasteiger partial charge in [0, 0.05) is 19.6 Å². The maximum Gasteiger partial charge on any atom is 0.161 e. The molecular weight excluding hydrogens is 379 g/mol. The highest BCUT2D eigenvalue weighted by Crippen LogP contribution is 2.28. The molecular formula is C15H25IN4O. The fourth-order valence-corrected chi connectivity index (χ4v) is 3.36. The zero-order valence-electron chi connectivity index (χ0n) is 13.3. The first kappa shape index (κ1) is 16.9. The van der Waals surface area contributed by atoms with Crippen molar-refractivity contribution in [2.75, 3.05) is 38.6 Å². The number of hydrogen-bond donors (Lipinski definition) is 1. The van der Waals surface area contributed by atoms with Gasteiger partial charge in [-0.3, -0.25) is 0 Å². The number of likely N-dealkylation sites (N-methyl/N-ethyl adjacent to an activating group) is 1. The number of aromatic nitrogens is 2. The van der Waals surface area contributed by atoms with Crippen molar-refractivity contribution in [1.82, 2.24) is 14.9 Å². The van der Waals surface area contributed by atoms with E-state index in [9.17, 15) is 0 Å². The van der Waals surface area contributed by atoms with Crippen molar-refractivity contribution in [2.45, 2.75) is 39.2 Å². The molecule has 0 radical (unpaired) electrons. The summed E-state index contributed by atoms with van der Waals surface area (Å²) in [5, 5.41) is 3.42. The van der Waals surface area contributed by atoms with Crippen LogP contribution in [-0.2, 0) is 4.74 Å². The van der Waals surface area contributed by atoms with E-state index in [0.29, 0.717) is 5.92 Å². The monoisotopic (exact) mass is 404 g/mol. The molecule has 5 nitrogen and oxygen atoms in total. The highest BCUT2D eigenvalue weighted by Gasteiger charge is 2.25. The molecule has 1 aliphatic heterocycles. The van der Waals surface area contributed by atoms with Gasteiger partial charge in [-0.05, 0) is 42.0 Å². The average molecular weight is 404 g/mol. The lowest BCUT2D eigenvalue weighted by Crippen LogP contribution is -2.36. The van der Waals surface area contributed by atoms with E-state index in [2.05, 4.69) is 60.6 Å². The van der Waals surface area contributed by atoms with E-state index in [-0.39, 0.29) is 6.10 Å². The highest BCUT2D eigenvalue weighted by molar-refractivity contribution is 14.1. The Bertz CT molecular complexity index is 481. The molecule has 6 heteroatoms. The van der Waals surface area contributed by atoms with Crippen molar-refractivity contribution < 1.29 is 4.74 Å². The molecule has 1 aromatic rings. The van der Waals surface area contributed by atoms with Gasteiger partial charge in [0.25, 0.3) is 0 Å². The first-order chi connectivity index (χ1) is 10.0. The largest absolute Gasteiger partial charge is 0.369 e. The third-order valence-corrected chi connectivity index (χ3v) is 4.60. The molecule has 0 spiro atoms. The normalized spacial score (nSPS) is 20.0. The van der Waals surface area contributed by atoms with Gasteiger partial charge in [-0.2, -0.15) is 0 Å². The summed E-state index contributed by atoms with van der Waals surface area (Å²) >= 11 is 2.35. The Hall–Kier alpha value is -0.470. The molecule has 1 atom stereocenters. The molecule has 0 aromatic carbocycles. The van der Waals surface area contributed by atoms with E-state index < -0.39 is 0 Å². The third kappa shape index (κ3) is 4.26. The van der Waals surface area contributed by atoms with Crippen LogP contribution in [0.5, 0.6) is 0 Å². The van der Waals surface area contributed by atoms with Crippen molar-refractivity contribution in [3.63, 3.8) is 0 Å². The minimum Gasteiger partial charge on any atom is -0.369 e. The molecule has 1 N–H and O–H groups in total. The predicted octanol–water partition coefficient (Wildman–Crippen LogP) is 3.03. The molecule has 0 aliphatic carbocycles. The Morgan fingerprint density at radius 2 is 2.19 bits per heavy atom. The summed E-state index contributed by atoms with van der Waals surface area (Å²) in [6.45, 7) is 9.99. The minimum absolute atomic E-state index is 0.0274. The number of hydrogen-bond acceptors (Lipinski definition) is 5. The Labute approximate surface area is 141 Å². The van der Waals surface area contributed by atoms with Crippen molar-refractivity contribution in [1.29, 1.82) is 0 Å². The second-order valence-corrected chi connectivity index (χ2v) is 6.91. The Balaban J connectivity index is 2.33.